The Bertz CT molecular complexity index is 690. The van der Waals surface area contributed by atoms with Gasteiger partial charge in [0.05, 0.1) is 13.2 Å². The number of hydrogen-bond donors (Lipinski definition) is 0. The van der Waals surface area contributed by atoms with Crippen molar-refractivity contribution in [3.8, 4) is 5.75 Å². The molecule has 0 aliphatic carbocycles. The molecule has 1 heterocycles. The quantitative estimate of drug-likeness (QED) is 0.549. The minimum absolute atomic E-state index is 0.266. The number of fused-ring (bicyclic) bond motifs is 1. The van der Waals surface area contributed by atoms with E-state index in [1.807, 2.05) is 43.5 Å². The molecule has 2 rings (SSSR count). The number of aromatic nitrogens is 1. The summed E-state index contributed by atoms with van der Waals surface area (Å²) in [4.78, 5) is 23.7. The molecule has 0 aliphatic rings. The fourth-order valence-electron chi connectivity index (χ4n) is 2.64. The maximum Gasteiger partial charge on any atom is 0.329 e. The van der Waals surface area contributed by atoms with Gasteiger partial charge in [0.15, 0.2) is 6.29 Å². The van der Waals surface area contributed by atoms with E-state index >= 15 is 0 Å². The molecule has 1 aromatic carbocycles. The number of ether oxygens (including phenoxy) is 2. The lowest BCUT2D eigenvalue weighted by molar-refractivity contribution is -0.147. The molecule has 0 saturated carbocycles. The van der Waals surface area contributed by atoms with Crippen LogP contribution in [-0.4, -0.2) is 30.0 Å². The molecule has 5 heteroatoms. The van der Waals surface area contributed by atoms with E-state index in [4.69, 9.17) is 9.47 Å². The van der Waals surface area contributed by atoms with Crippen molar-refractivity contribution in [2.75, 3.05) is 13.2 Å². The SMILES string of the molecule is CCCOC(=O)C(CC)n1cc(C=O)c2cc(OCC)ccc21. The van der Waals surface area contributed by atoms with Gasteiger partial charge in [0.1, 0.15) is 11.8 Å². The van der Waals surface area contributed by atoms with Gasteiger partial charge in [0, 0.05) is 22.7 Å². The molecular formula is C18H23NO4. The third-order valence-corrected chi connectivity index (χ3v) is 3.72. The number of carbonyl (C=O) groups excluding carboxylic acids is 2. The van der Waals surface area contributed by atoms with Crippen LogP contribution < -0.4 is 4.74 Å². The van der Waals surface area contributed by atoms with E-state index in [9.17, 15) is 9.59 Å². The molecule has 1 unspecified atom stereocenters. The van der Waals surface area contributed by atoms with Gasteiger partial charge in [-0.05, 0) is 38.0 Å². The van der Waals surface area contributed by atoms with Gasteiger partial charge < -0.3 is 14.0 Å². The Labute approximate surface area is 136 Å². The van der Waals surface area contributed by atoms with Crippen molar-refractivity contribution in [2.24, 2.45) is 0 Å². The third-order valence-electron chi connectivity index (χ3n) is 3.72. The second-order valence-electron chi connectivity index (χ2n) is 5.31. The zero-order chi connectivity index (χ0) is 16.8. The predicted molar refractivity (Wildman–Crippen MR) is 89.1 cm³/mol. The van der Waals surface area contributed by atoms with Gasteiger partial charge in [-0.2, -0.15) is 0 Å². The molecule has 5 nitrogen and oxygen atoms in total. The Morgan fingerprint density at radius 2 is 2.09 bits per heavy atom. The van der Waals surface area contributed by atoms with E-state index in [0.717, 1.165) is 23.6 Å². The van der Waals surface area contributed by atoms with Crippen LogP contribution in [-0.2, 0) is 9.53 Å². The molecule has 0 amide bonds. The van der Waals surface area contributed by atoms with Crippen LogP contribution in [0.4, 0.5) is 0 Å². The highest BCUT2D eigenvalue weighted by Crippen LogP contribution is 2.29. The zero-order valence-corrected chi connectivity index (χ0v) is 13.9. The minimum atomic E-state index is -0.435. The normalized spacial score (nSPS) is 12.1. The van der Waals surface area contributed by atoms with Crippen LogP contribution in [0, 0.1) is 0 Å². The van der Waals surface area contributed by atoms with Crippen LogP contribution in [0.3, 0.4) is 0 Å². The Kier molecular flexibility index (Phi) is 5.79. The minimum Gasteiger partial charge on any atom is -0.494 e. The molecular weight excluding hydrogens is 294 g/mol. The summed E-state index contributed by atoms with van der Waals surface area (Å²) in [5.41, 5.74) is 1.37. The number of nitrogens with zero attached hydrogens (tertiary/aromatic N) is 1. The molecule has 0 bridgehead atoms. The summed E-state index contributed by atoms with van der Waals surface area (Å²) in [6.45, 7) is 6.76. The summed E-state index contributed by atoms with van der Waals surface area (Å²) in [6.07, 6.45) is 3.90. The van der Waals surface area contributed by atoms with E-state index in [0.29, 0.717) is 30.9 Å². The molecule has 0 fully saturated rings. The first-order valence-corrected chi connectivity index (χ1v) is 8.05. The van der Waals surface area contributed by atoms with Gasteiger partial charge in [0.25, 0.3) is 0 Å². The number of hydrogen-bond acceptors (Lipinski definition) is 4. The maximum atomic E-state index is 12.3. The number of rotatable bonds is 8. The Morgan fingerprint density at radius 3 is 2.70 bits per heavy atom. The summed E-state index contributed by atoms with van der Waals surface area (Å²) in [5, 5.41) is 0.785. The average Bonchev–Trinajstić information content (AvgIpc) is 2.92. The Morgan fingerprint density at radius 1 is 1.30 bits per heavy atom. The lowest BCUT2D eigenvalue weighted by Gasteiger charge is -2.17. The van der Waals surface area contributed by atoms with Crippen molar-refractivity contribution in [1.82, 2.24) is 4.57 Å². The molecule has 0 N–H and O–H groups in total. The summed E-state index contributed by atoms with van der Waals surface area (Å²) in [7, 11) is 0. The first-order chi connectivity index (χ1) is 11.2. The molecule has 0 saturated heterocycles. The van der Waals surface area contributed by atoms with Crippen molar-refractivity contribution in [1.29, 1.82) is 0 Å². The molecule has 1 aromatic heterocycles. The zero-order valence-electron chi connectivity index (χ0n) is 13.9. The monoisotopic (exact) mass is 317 g/mol. The second-order valence-corrected chi connectivity index (χ2v) is 5.31. The maximum absolute atomic E-state index is 12.3. The van der Waals surface area contributed by atoms with Gasteiger partial charge in [-0.1, -0.05) is 13.8 Å². The molecule has 0 aliphatic heterocycles. The van der Waals surface area contributed by atoms with Crippen molar-refractivity contribution in [2.45, 2.75) is 39.7 Å². The fourth-order valence-corrected chi connectivity index (χ4v) is 2.64. The number of benzene rings is 1. The van der Waals surface area contributed by atoms with E-state index in [1.54, 1.807) is 6.20 Å². The van der Waals surface area contributed by atoms with E-state index in [2.05, 4.69) is 0 Å². The smallest absolute Gasteiger partial charge is 0.329 e. The van der Waals surface area contributed by atoms with Crippen LogP contribution in [0.5, 0.6) is 5.75 Å². The lowest BCUT2D eigenvalue weighted by Crippen LogP contribution is -2.21. The highest BCUT2D eigenvalue weighted by atomic mass is 16.5. The summed E-state index contributed by atoms with van der Waals surface area (Å²) in [6, 6.07) is 5.13. The van der Waals surface area contributed by atoms with Gasteiger partial charge >= 0.3 is 5.97 Å². The highest BCUT2D eigenvalue weighted by molar-refractivity contribution is 5.99. The third kappa shape index (κ3) is 3.55. The number of aldehydes is 1. The molecule has 2 aromatic rings. The number of esters is 1. The van der Waals surface area contributed by atoms with Crippen LogP contribution in [0.2, 0.25) is 0 Å². The summed E-state index contributed by atoms with van der Waals surface area (Å²) in [5.74, 6) is 0.444. The van der Waals surface area contributed by atoms with Gasteiger partial charge in [-0.15, -0.1) is 0 Å². The average molecular weight is 317 g/mol. The van der Waals surface area contributed by atoms with Crippen molar-refractivity contribution in [3.63, 3.8) is 0 Å². The number of carbonyl (C=O) groups is 2. The molecule has 0 spiro atoms. The summed E-state index contributed by atoms with van der Waals surface area (Å²) < 4.78 is 12.6. The predicted octanol–water partition coefficient (Wildman–Crippen LogP) is 3.76. The van der Waals surface area contributed by atoms with Crippen molar-refractivity contribution in [3.05, 3.63) is 30.0 Å². The van der Waals surface area contributed by atoms with Gasteiger partial charge in [-0.25, -0.2) is 4.79 Å². The summed E-state index contributed by atoms with van der Waals surface area (Å²) >= 11 is 0. The Hall–Kier alpha value is -2.30. The van der Waals surface area contributed by atoms with E-state index < -0.39 is 6.04 Å². The topological polar surface area (TPSA) is 57.5 Å². The standard InChI is InChI=1S/C18H23NO4/c1-4-9-23-18(21)16(5-2)19-11-13(12-20)15-10-14(22-6-3)7-8-17(15)19/h7-8,10-12,16H,4-6,9H2,1-3H3. The first-order valence-electron chi connectivity index (χ1n) is 8.05. The van der Waals surface area contributed by atoms with Crippen LogP contribution in [0.1, 0.15) is 50.0 Å². The lowest BCUT2D eigenvalue weighted by atomic mass is 10.1. The molecule has 1 atom stereocenters. The highest BCUT2D eigenvalue weighted by Gasteiger charge is 2.23. The van der Waals surface area contributed by atoms with Gasteiger partial charge in [0.2, 0.25) is 0 Å². The van der Waals surface area contributed by atoms with Gasteiger partial charge in [-0.3, -0.25) is 4.79 Å². The van der Waals surface area contributed by atoms with Crippen molar-refractivity contribution < 1.29 is 19.1 Å². The molecule has 23 heavy (non-hydrogen) atoms. The van der Waals surface area contributed by atoms with E-state index in [1.165, 1.54) is 0 Å². The molecule has 0 radical (unpaired) electrons. The largest absolute Gasteiger partial charge is 0.494 e. The molecule has 124 valence electrons. The van der Waals surface area contributed by atoms with Crippen LogP contribution in [0.25, 0.3) is 10.9 Å². The Balaban J connectivity index is 2.46. The van der Waals surface area contributed by atoms with Crippen LogP contribution >= 0.6 is 0 Å². The van der Waals surface area contributed by atoms with Crippen LogP contribution in [0.15, 0.2) is 24.4 Å². The fraction of sp³-hybridized carbons (Fsp3) is 0.444. The first kappa shape index (κ1) is 17.1. The van der Waals surface area contributed by atoms with E-state index in [-0.39, 0.29) is 5.97 Å². The van der Waals surface area contributed by atoms with Crippen molar-refractivity contribution >= 4 is 23.2 Å². The second kappa shape index (κ2) is 7.81.